The lowest BCUT2D eigenvalue weighted by Gasteiger charge is -2.01. The highest BCUT2D eigenvalue weighted by Crippen LogP contribution is 2.06. The highest BCUT2D eigenvalue weighted by Gasteiger charge is 2.00. The Kier molecular flexibility index (Phi) is 3.14. The molecule has 0 aromatic carbocycles. The third-order valence-corrected chi connectivity index (χ3v) is 2.30. The van der Waals surface area contributed by atoms with Crippen LogP contribution in [0, 0.1) is 0 Å². The minimum absolute atomic E-state index is 0.531. The minimum atomic E-state index is 0.531. The van der Waals surface area contributed by atoms with Crippen LogP contribution in [0.1, 0.15) is 18.3 Å². The maximum Gasteiger partial charge on any atom is 0.233 e. The van der Waals surface area contributed by atoms with Crippen LogP contribution in [0.25, 0.3) is 0 Å². The molecule has 16 heavy (non-hydrogen) atoms. The second-order valence-electron chi connectivity index (χ2n) is 3.46. The molecule has 0 unspecified atom stereocenters. The topological polar surface area (TPSA) is 52.8 Å². The molecule has 0 saturated carbocycles. The predicted octanol–water partition coefficient (Wildman–Crippen LogP) is 1.29. The fourth-order valence-electron chi connectivity index (χ4n) is 1.40. The van der Waals surface area contributed by atoms with Crippen LogP contribution in [0.5, 0.6) is 5.88 Å². The zero-order valence-electron chi connectivity index (χ0n) is 9.42. The summed E-state index contributed by atoms with van der Waals surface area (Å²) in [7, 11) is 1.58. The molecule has 0 aliphatic rings. The molecular weight excluding hydrogens is 204 g/mol. The van der Waals surface area contributed by atoms with Crippen LogP contribution in [-0.2, 0) is 13.0 Å². The van der Waals surface area contributed by atoms with Gasteiger partial charge >= 0.3 is 0 Å². The maximum absolute atomic E-state index is 4.95. The molecule has 0 radical (unpaired) electrons. The van der Waals surface area contributed by atoms with E-state index in [-0.39, 0.29) is 0 Å². The molecule has 2 aromatic rings. The first-order valence-electron chi connectivity index (χ1n) is 5.19. The molecule has 2 aromatic heterocycles. The van der Waals surface area contributed by atoms with Gasteiger partial charge in [0, 0.05) is 12.3 Å². The van der Waals surface area contributed by atoms with Crippen molar-refractivity contribution in [2.75, 3.05) is 7.11 Å². The number of ether oxygens (including phenoxy) is 1. The molecule has 0 fully saturated rings. The second-order valence-corrected chi connectivity index (χ2v) is 3.46. The van der Waals surface area contributed by atoms with Crippen molar-refractivity contribution in [2.45, 2.75) is 19.9 Å². The van der Waals surface area contributed by atoms with Crippen molar-refractivity contribution in [1.29, 1.82) is 0 Å². The predicted molar refractivity (Wildman–Crippen MR) is 59.3 cm³/mol. The molecule has 0 aliphatic carbocycles. The van der Waals surface area contributed by atoms with E-state index in [2.05, 4.69) is 22.1 Å². The van der Waals surface area contributed by atoms with Gasteiger partial charge in [0.05, 0.1) is 31.4 Å². The van der Waals surface area contributed by atoms with E-state index in [4.69, 9.17) is 4.74 Å². The van der Waals surface area contributed by atoms with Crippen molar-refractivity contribution in [3.8, 4) is 5.88 Å². The van der Waals surface area contributed by atoms with E-state index in [9.17, 15) is 0 Å². The van der Waals surface area contributed by atoms with Crippen LogP contribution >= 0.6 is 0 Å². The van der Waals surface area contributed by atoms with Gasteiger partial charge in [-0.15, -0.1) is 10.2 Å². The van der Waals surface area contributed by atoms with Gasteiger partial charge in [-0.3, -0.25) is 0 Å². The lowest BCUT2D eigenvalue weighted by molar-refractivity contribution is 0.391. The van der Waals surface area contributed by atoms with Gasteiger partial charge in [-0.05, 0) is 12.5 Å². The molecule has 0 spiro atoms. The third kappa shape index (κ3) is 2.36. The maximum atomic E-state index is 4.95. The zero-order valence-corrected chi connectivity index (χ0v) is 9.42. The number of imidazole rings is 1. The number of aromatic nitrogens is 4. The molecule has 5 heteroatoms. The zero-order chi connectivity index (χ0) is 11.4. The highest BCUT2D eigenvalue weighted by atomic mass is 16.5. The average Bonchev–Trinajstić information content (AvgIpc) is 2.78. The van der Waals surface area contributed by atoms with Crippen molar-refractivity contribution in [2.24, 2.45) is 0 Å². The Balaban J connectivity index is 2.08. The summed E-state index contributed by atoms with van der Waals surface area (Å²) in [6, 6.07) is 3.71. The minimum Gasteiger partial charge on any atom is -0.480 e. The van der Waals surface area contributed by atoms with E-state index in [0.717, 1.165) is 17.8 Å². The SMILES string of the molecule is CCc1cn(Cc2ccc(OC)nn2)cn1. The number of hydrogen-bond donors (Lipinski definition) is 0. The van der Waals surface area contributed by atoms with Crippen molar-refractivity contribution in [3.05, 3.63) is 36.0 Å². The molecule has 0 saturated heterocycles. The normalized spacial score (nSPS) is 10.4. The number of rotatable bonds is 4. The van der Waals surface area contributed by atoms with Gasteiger partial charge in [0.2, 0.25) is 5.88 Å². The third-order valence-electron chi connectivity index (χ3n) is 2.30. The first-order valence-corrected chi connectivity index (χ1v) is 5.19. The molecule has 84 valence electrons. The van der Waals surface area contributed by atoms with Crippen LogP contribution in [0.4, 0.5) is 0 Å². The van der Waals surface area contributed by atoms with E-state index >= 15 is 0 Å². The van der Waals surface area contributed by atoms with Crippen molar-refractivity contribution in [1.82, 2.24) is 19.7 Å². The summed E-state index contributed by atoms with van der Waals surface area (Å²) in [6.07, 6.45) is 4.78. The standard InChI is InChI=1S/C11H14N4O/c1-3-9-6-15(8-12-9)7-10-4-5-11(16-2)14-13-10/h4-6,8H,3,7H2,1-2H3. The van der Waals surface area contributed by atoms with Gasteiger partial charge in [-0.25, -0.2) is 4.98 Å². The van der Waals surface area contributed by atoms with Crippen molar-refractivity contribution in [3.63, 3.8) is 0 Å². The fraction of sp³-hybridized carbons (Fsp3) is 0.364. The van der Waals surface area contributed by atoms with Crippen molar-refractivity contribution >= 4 is 0 Å². The molecule has 0 amide bonds. The molecule has 2 heterocycles. The molecular formula is C11H14N4O. The van der Waals surface area contributed by atoms with Gasteiger partial charge in [-0.2, -0.15) is 0 Å². The van der Waals surface area contributed by atoms with E-state index in [0.29, 0.717) is 12.4 Å². The monoisotopic (exact) mass is 218 g/mol. The smallest absolute Gasteiger partial charge is 0.233 e. The number of nitrogens with zero attached hydrogens (tertiary/aromatic N) is 4. The molecule has 0 N–H and O–H groups in total. The van der Waals surface area contributed by atoms with E-state index in [1.165, 1.54) is 0 Å². The second kappa shape index (κ2) is 4.74. The summed E-state index contributed by atoms with van der Waals surface area (Å²) in [5.74, 6) is 0.531. The van der Waals surface area contributed by atoms with Crippen LogP contribution in [0.15, 0.2) is 24.7 Å². The Morgan fingerprint density at radius 2 is 2.12 bits per heavy atom. The lowest BCUT2D eigenvalue weighted by atomic mass is 10.3. The van der Waals surface area contributed by atoms with E-state index < -0.39 is 0 Å². The Morgan fingerprint density at radius 3 is 2.69 bits per heavy atom. The van der Waals surface area contributed by atoms with Crippen LogP contribution < -0.4 is 4.74 Å². The first-order chi connectivity index (χ1) is 7.81. The fourth-order valence-corrected chi connectivity index (χ4v) is 1.40. The summed E-state index contributed by atoms with van der Waals surface area (Å²) >= 11 is 0. The van der Waals surface area contributed by atoms with Crippen molar-refractivity contribution < 1.29 is 4.74 Å². The van der Waals surface area contributed by atoms with Crippen LogP contribution in [0.3, 0.4) is 0 Å². The molecule has 2 rings (SSSR count). The largest absolute Gasteiger partial charge is 0.480 e. The van der Waals surface area contributed by atoms with E-state index in [1.807, 2.05) is 23.2 Å². The molecule has 0 aliphatic heterocycles. The summed E-state index contributed by atoms with van der Waals surface area (Å²) in [5, 5.41) is 7.97. The summed E-state index contributed by atoms with van der Waals surface area (Å²) < 4.78 is 6.94. The van der Waals surface area contributed by atoms with Gasteiger partial charge in [-0.1, -0.05) is 6.92 Å². The first kappa shape index (κ1) is 10.6. The Hall–Kier alpha value is -1.91. The van der Waals surface area contributed by atoms with E-state index in [1.54, 1.807) is 13.2 Å². The summed E-state index contributed by atoms with van der Waals surface area (Å²) in [4.78, 5) is 4.25. The Labute approximate surface area is 94.1 Å². The summed E-state index contributed by atoms with van der Waals surface area (Å²) in [6.45, 7) is 2.77. The van der Waals surface area contributed by atoms with Gasteiger partial charge in [0.1, 0.15) is 0 Å². The van der Waals surface area contributed by atoms with Gasteiger partial charge < -0.3 is 9.30 Å². The highest BCUT2D eigenvalue weighted by molar-refractivity contribution is 5.12. The number of methoxy groups -OCH3 is 1. The summed E-state index contributed by atoms with van der Waals surface area (Å²) in [5.41, 5.74) is 1.97. The van der Waals surface area contributed by atoms with Crippen LogP contribution in [-0.4, -0.2) is 26.9 Å². The van der Waals surface area contributed by atoms with Crippen LogP contribution in [0.2, 0.25) is 0 Å². The molecule has 0 atom stereocenters. The Bertz CT molecular complexity index is 449. The number of aryl methyl sites for hydroxylation is 1. The quantitative estimate of drug-likeness (QED) is 0.776. The average molecular weight is 218 g/mol. The Morgan fingerprint density at radius 1 is 1.25 bits per heavy atom. The van der Waals surface area contributed by atoms with Gasteiger partial charge in [0.15, 0.2) is 0 Å². The molecule has 0 bridgehead atoms. The molecule has 5 nitrogen and oxygen atoms in total. The number of hydrogen-bond acceptors (Lipinski definition) is 4. The lowest BCUT2D eigenvalue weighted by Crippen LogP contribution is -2.01. The van der Waals surface area contributed by atoms with Gasteiger partial charge in [0.25, 0.3) is 0 Å².